The van der Waals surface area contributed by atoms with Crippen LogP contribution in [0, 0.1) is 0 Å². The number of nitrogens with zero attached hydrogens (tertiary/aromatic N) is 1. The number of pyridine rings is 1. The summed E-state index contributed by atoms with van der Waals surface area (Å²) in [5, 5.41) is 3.72. The van der Waals surface area contributed by atoms with E-state index in [2.05, 4.69) is 60.1 Å². The summed E-state index contributed by atoms with van der Waals surface area (Å²) < 4.78 is 7.75. The summed E-state index contributed by atoms with van der Waals surface area (Å²) >= 11 is 0. The first-order valence-corrected chi connectivity index (χ1v) is 8.39. The van der Waals surface area contributed by atoms with Crippen molar-refractivity contribution in [3.05, 3.63) is 78.0 Å². The molecule has 0 saturated carbocycles. The number of aryl methyl sites for hydroxylation is 1. The van der Waals surface area contributed by atoms with Gasteiger partial charge in [-0.1, -0.05) is 24.3 Å². The van der Waals surface area contributed by atoms with Gasteiger partial charge in [-0.25, -0.2) is 0 Å². The van der Waals surface area contributed by atoms with E-state index in [4.69, 9.17) is 10.5 Å². The molecule has 3 nitrogen and oxygen atoms in total. The highest BCUT2D eigenvalue weighted by atomic mass is 35.5. The van der Waals surface area contributed by atoms with Crippen molar-refractivity contribution in [1.82, 2.24) is 0 Å². The van der Waals surface area contributed by atoms with Gasteiger partial charge in [-0.05, 0) is 42.0 Å². The third kappa shape index (κ3) is 3.06. The van der Waals surface area contributed by atoms with Crippen molar-refractivity contribution in [3.63, 3.8) is 0 Å². The Kier molecular flexibility index (Phi) is 5.01. The summed E-state index contributed by atoms with van der Waals surface area (Å²) in [6.07, 6.45) is 0.839. The molecule has 0 radical (unpaired) electrons. The van der Waals surface area contributed by atoms with Crippen LogP contribution in [0.2, 0.25) is 0 Å². The van der Waals surface area contributed by atoms with Gasteiger partial charge >= 0.3 is 0 Å². The summed E-state index contributed by atoms with van der Waals surface area (Å²) in [5.74, 6) is 0.876. The lowest BCUT2D eigenvalue weighted by atomic mass is 9.99. The fraction of sp³-hybridized carbons (Fsp3) is 0.136. The molecule has 26 heavy (non-hydrogen) atoms. The average molecular weight is 365 g/mol. The second-order valence-electron chi connectivity index (χ2n) is 6.35. The molecule has 0 aliphatic rings. The maximum absolute atomic E-state index is 5.83. The van der Waals surface area contributed by atoms with Gasteiger partial charge in [0.1, 0.15) is 12.8 Å². The van der Waals surface area contributed by atoms with Crippen molar-refractivity contribution in [2.75, 3.05) is 12.8 Å². The third-order valence-corrected chi connectivity index (χ3v) is 4.85. The highest BCUT2D eigenvalue weighted by molar-refractivity contribution is 6.05. The minimum Gasteiger partial charge on any atom is -1.00 e. The van der Waals surface area contributed by atoms with E-state index in [1.807, 2.05) is 18.2 Å². The number of nitrogen functional groups attached to an aromatic ring is 1. The van der Waals surface area contributed by atoms with Crippen molar-refractivity contribution < 1.29 is 21.7 Å². The minimum atomic E-state index is 0. The molecule has 0 amide bonds. The van der Waals surface area contributed by atoms with E-state index in [9.17, 15) is 0 Å². The van der Waals surface area contributed by atoms with Gasteiger partial charge in [0.25, 0.3) is 0 Å². The molecule has 0 saturated heterocycles. The topological polar surface area (TPSA) is 39.1 Å². The van der Waals surface area contributed by atoms with Gasteiger partial charge in [0.05, 0.1) is 24.3 Å². The average Bonchev–Trinajstić information content (AvgIpc) is 2.66. The second kappa shape index (κ2) is 7.22. The lowest BCUT2D eigenvalue weighted by molar-refractivity contribution is -0.651. The number of benzene rings is 3. The van der Waals surface area contributed by atoms with Crippen LogP contribution in [0.4, 0.5) is 5.69 Å². The molecule has 0 fully saturated rings. The summed E-state index contributed by atoms with van der Waals surface area (Å²) in [4.78, 5) is 0. The fourth-order valence-corrected chi connectivity index (χ4v) is 3.49. The van der Waals surface area contributed by atoms with Gasteiger partial charge in [-0.3, -0.25) is 0 Å². The zero-order chi connectivity index (χ0) is 17.4. The zero-order valence-electron chi connectivity index (χ0n) is 14.9. The molecular formula is C22H21ClN2O. The molecule has 4 aromatic rings. The molecule has 0 aliphatic carbocycles. The van der Waals surface area contributed by atoms with Crippen molar-refractivity contribution in [2.24, 2.45) is 7.05 Å². The second-order valence-corrected chi connectivity index (χ2v) is 6.35. The van der Waals surface area contributed by atoms with E-state index < -0.39 is 0 Å². The van der Waals surface area contributed by atoms with Crippen LogP contribution < -0.4 is 27.4 Å². The number of ether oxygens (including phenoxy) is 1. The van der Waals surface area contributed by atoms with Crippen molar-refractivity contribution in [3.8, 4) is 5.75 Å². The van der Waals surface area contributed by atoms with E-state index in [1.54, 1.807) is 7.11 Å². The van der Waals surface area contributed by atoms with Crippen molar-refractivity contribution in [1.29, 1.82) is 0 Å². The first kappa shape index (κ1) is 18.0. The van der Waals surface area contributed by atoms with Crippen molar-refractivity contribution in [2.45, 2.75) is 6.42 Å². The quantitative estimate of drug-likeness (QED) is 0.335. The van der Waals surface area contributed by atoms with Gasteiger partial charge in [-0.2, -0.15) is 4.57 Å². The maximum atomic E-state index is 5.83. The summed E-state index contributed by atoms with van der Waals surface area (Å²) in [7, 11) is 3.84. The van der Waals surface area contributed by atoms with Crippen LogP contribution >= 0.6 is 0 Å². The molecule has 4 heteroatoms. The van der Waals surface area contributed by atoms with Crippen LogP contribution in [-0.2, 0) is 13.5 Å². The molecule has 1 heterocycles. The van der Waals surface area contributed by atoms with Crippen LogP contribution in [-0.4, -0.2) is 7.11 Å². The Morgan fingerprint density at radius 1 is 0.885 bits per heavy atom. The first-order valence-electron chi connectivity index (χ1n) is 8.39. The van der Waals surface area contributed by atoms with Crippen molar-refractivity contribution >= 4 is 27.4 Å². The highest BCUT2D eigenvalue weighted by Gasteiger charge is 2.19. The molecule has 3 aromatic carbocycles. The van der Waals surface area contributed by atoms with E-state index in [1.165, 1.54) is 32.9 Å². The van der Waals surface area contributed by atoms with Gasteiger partial charge in [-0.15, -0.1) is 0 Å². The Morgan fingerprint density at radius 3 is 2.35 bits per heavy atom. The molecule has 0 spiro atoms. The summed E-state index contributed by atoms with van der Waals surface area (Å²) in [5.41, 5.74) is 10.3. The molecule has 0 bridgehead atoms. The predicted molar refractivity (Wildman–Crippen MR) is 103 cm³/mol. The monoisotopic (exact) mass is 364 g/mol. The molecule has 2 N–H and O–H groups in total. The number of para-hydroxylation sites is 1. The van der Waals surface area contributed by atoms with Gasteiger partial charge in [0.15, 0.2) is 5.69 Å². The number of nitrogens with two attached hydrogens (primary N) is 1. The first-order chi connectivity index (χ1) is 12.2. The Labute approximate surface area is 159 Å². The number of hydrogen-bond donors (Lipinski definition) is 1. The SMILES string of the molecule is COc1ccc2c(c1)c(Cc1ccc(N)cc1)[n+](C)c1ccccc21.[Cl-]. The normalized spacial score (nSPS) is 10.7. The molecule has 1 aromatic heterocycles. The molecule has 4 rings (SSSR count). The molecular weight excluding hydrogens is 344 g/mol. The predicted octanol–water partition coefficient (Wildman–Crippen LogP) is 1.00. The van der Waals surface area contributed by atoms with E-state index in [0.29, 0.717) is 0 Å². The largest absolute Gasteiger partial charge is 1.00 e. The Bertz CT molecular complexity index is 1070. The number of hydrogen-bond acceptors (Lipinski definition) is 2. The maximum Gasteiger partial charge on any atom is 0.213 e. The van der Waals surface area contributed by atoms with Gasteiger partial charge in [0, 0.05) is 17.1 Å². The number of anilines is 1. The molecule has 0 aliphatic heterocycles. The van der Waals surface area contributed by atoms with Crippen LogP contribution in [0.3, 0.4) is 0 Å². The van der Waals surface area contributed by atoms with Crippen LogP contribution in [0.5, 0.6) is 5.75 Å². The van der Waals surface area contributed by atoms with Gasteiger partial charge < -0.3 is 22.9 Å². The van der Waals surface area contributed by atoms with Crippen LogP contribution in [0.25, 0.3) is 21.7 Å². The molecule has 132 valence electrons. The number of fused-ring (bicyclic) bond motifs is 3. The smallest absolute Gasteiger partial charge is 0.213 e. The zero-order valence-corrected chi connectivity index (χ0v) is 15.6. The summed E-state index contributed by atoms with van der Waals surface area (Å²) in [6.45, 7) is 0. The fourth-order valence-electron chi connectivity index (χ4n) is 3.49. The Balaban J connectivity index is 0.00000196. The Hall–Kier alpha value is -2.78. The van der Waals surface area contributed by atoms with E-state index in [0.717, 1.165) is 17.9 Å². The number of rotatable bonds is 3. The minimum absolute atomic E-state index is 0. The third-order valence-electron chi connectivity index (χ3n) is 4.85. The lowest BCUT2D eigenvalue weighted by Crippen LogP contribution is -3.00. The number of halogens is 1. The Morgan fingerprint density at radius 2 is 1.62 bits per heavy atom. The van der Waals surface area contributed by atoms with Gasteiger partial charge in [0.2, 0.25) is 5.52 Å². The number of methoxy groups -OCH3 is 1. The van der Waals surface area contributed by atoms with E-state index >= 15 is 0 Å². The molecule has 0 atom stereocenters. The van der Waals surface area contributed by atoms with Crippen LogP contribution in [0.15, 0.2) is 66.7 Å². The lowest BCUT2D eigenvalue weighted by Gasteiger charge is -2.11. The van der Waals surface area contributed by atoms with E-state index in [-0.39, 0.29) is 12.4 Å². The van der Waals surface area contributed by atoms with Crippen LogP contribution in [0.1, 0.15) is 11.3 Å². The summed E-state index contributed by atoms with van der Waals surface area (Å²) in [6, 6.07) is 22.9. The standard InChI is InChI=1S/C22H21N2O.ClH/c1-24-21-6-4-3-5-19(21)18-12-11-17(25-2)14-20(18)22(24)13-15-7-9-16(23)10-8-15;/h3-12,14H,13,23H2,1-2H3;1H/q+1;/p-1. The molecule has 0 unspecified atom stereocenters. The highest BCUT2D eigenvalue weighted by Crippen LogP contribution is 2.29. The number of aromatic nitrogens is 1.